The van der Waals surface area contributed by atoms with Crippen molar-refractivity contribution in [2.75, 3.05) is 11.9 Å². The van der Waals surface area contributed by atoms with Crippen molar-refractivity contribution in [3.8, 4) is 11.3 Å². The SMILES string of the molecule is CCOC(=O)c1ccc(-c2ccccc2)nc1Nc1ccccc1. The van der Waals surface area contributed by atoms with E-state index in [4.69, 9.17) is 4.74 Å². The Bertz CT molecular complexity index is 818. The minimum Gasteiger partial charge on any atom is -0.462 e. The molecule has 0 aliphatic heterocycles. The van der Waals surface area contributed by atoms with Crippen LogP contribution in [0.5, 0.6) is 0 Å². The number of carbonyl (C=O) groups excluding carboxylic acids is 1. The lowest BCUT2D eigenvalue weighted by molar-refractivity contribution is 0.0527. The number of para-hydroxylation sites is 1. The third-order valence-corrected chi connectivity index (χ3v) is 3.50. The first-order valence-electron chi connectivity index (χ1n) is 7.83. The highest BCUT2D eigenvalue weighted by Gasteiger charge is 2.15. The largest absolute Gasteiger partial charge is 0.462 e. The average molecular weight is 318 g/mol. The summed E-state index contributed by atoms with van der Waals surface area (Å²) in [5.41, 5.74) is 3.06. The quantitative estimate of drug-likeness (QED) is 0.695. The van der Waals surface area contributed by atoms with Crippen molar-refractivity contribution < 1.29 is 9.53 Å². The molecule has 0 unspecified atom stereocenters. The van der Waals surface area contributed by atoms with Crippen molar-refractivity contribution in [1.82, 2.24) is 4.98 Å². The van der Waals surface area contributed by atoms with Gasteiger partial charge in [0.1, 0.15) is 11.4 Å². The molecule has 0 aliphatic rings. The fourth-order valence-electron chi connectivity index (χ4n) is 2.36. The Morgan fingerprint density at radius 2 is 1.62 bits per heavy atom. The molecule has 2 aromatic carbocycles. The van der Waals surface area contributed by atoms with Gasteiger partial charge in [0.15, 0.2) is 0 Å². The summed E-state index contributed by atoms with van der Waals surface area (Å²) in [6.07, 6.45) is 0. The van der Waals surface area contributed by atoms with Gasteiger partial charge in [-0.3, -0.25) is 0 Å². The zero-order valence-corrected chi connectivity index (χ0v) is 13.4. The Kier molecular flexibility index (Phi) is 4.87. The minimum absolute atomic E-state index is 0.323. The van der Waals surface area contributed by atoms with E-state index in [-0.39, 0.29) is 5.97 Å². The van der Waals surface area contributed by atoms with Gasteiger partial charge in [-0.25, -0.2) is 9.78 Å². The molecule has 0 aliphatic carbocycles. The predicted octanol–water partition coefficient (Wildman–Crippen LogP) is 4.67. The summed E-state index contributed by atoms with van der Waals surface area (Å²) in [7, 11) is 0. The van der Waals surface area contributed by atoms with Crippen molar-refractivity contribution in [3.05, 3.63) is 78.4 Å². The maximum atomic E-state index is 12.2. The standard InChI is InChI=1S/C20H18N2O2/c1-2-24-20(23)17-13-14-18(15-9-5-3-6-10-15)22-19(17)21-16-11-7-4-8-12-16/h3-14H,2H2,1H3,(H,21,22). The van der Waals surface area contributed by atoms with Crippen LogP contribution in [-0.2, 0) is 4.74 Å². The number of benzene rings is 2. The van der Waals surface area contributed by atoms with Crippen LogP contribution in [0.2, 0.25) is 0 Å². The number of rotatable bonds is 5. The molecular weight excluding hydrogens is 300 g/mol. The molecule has 0 amide bonds. The summed E-state index contributed by atoms with van der Waals surface area (Å²) in [6.45, 7) is 2.11. The molecule has 1 N–H and O–H groups in total. The zero-order chi connectivity index (χ0) is 16.8. The lowest BCUT2D eigenvalue weighted by atomic mass is 10.1. The second-order valence-corrected chi connectivity index (χ2v) is 5.17. The molecule has 0 saturated heterocycles. The molecule has 120 valence electrons. The monoisotopic (exact) mass is 318 g/mol. The molecule has 1 aromatic heterocycles. The predicted molar refractivity (Wildman–Crippen MR) is 95.4 cm³/mol. The van der Waals surface area contributed by atoms with Crippen molar-refractivity contribution in [3.63, 3.8) is 0 Å². The Labute approximate surface area is 141 Å². The van der Waals surface area contributed by atoms with Crippen LogP contribution in [0.25, 0.3) is 11.3 Å². The topological polar surface area (TPSA) is 51.2 Å². The average Bonchev–Trinajstić information content (AvgIpc) is 2.63. The summed E-state index contributed by atoms with van der Waals surface area (Å²) in [5.74, 6) is 0.101. The number of esters is 1. The first-order valence-corrected chi connectivity index (χ1v) is 7.83. The van der Waals surface area contributed by atoms with E-state index >= 15 is 0 Å². The van der Waals surface area contributed by atoms with Gasteiger partial charge in [0.05, 0.1) is 12.3 Å². The van der Waals surface area contributed by atoms with E-state index in [1.165, 1.54) is 0 Å². The molecule has 0 saturated carbocycles. The molecule has 3 aromatic rings. The molecule has 0 atom stereocenters. The van der Waals surface area contributed by atoms with Gasteiger partial charge in [-0.05, 0) is 31.2 Å². The highest BCUT2D eigenvalue weighted by Crippen LogP contribution is 2.25. The number of nitrogens with zero attached hydrogens (tertiary/aromatic N) is 1. The van der Waals surface area contributed by atoms with Crippen molar-refractivity contribution >= 4 is 17.5 Å². The van der Waals surface area contributed by atoms with Crippen LogP contribution < -0.4 is 5.32 Å². The molecular formula is C20H18N2O2. The summed E-state index contributed by atoms with van der Waals surface area (Å²) in [6, 6.07) is 23.1. The van der Waals surface area contributed by atoms with Crippen molar-refractivity contribution in [2.24, 2.45) is 0 Å². The molecule has 0 bridgehead atoms. The first kappa shape index (κ1) is 15.7. The summed E-state index contributed by atoms with van der Waals surface area (Å²) in [4.78, 5) is 16.8. The number of aromatic nitrogens is 1. The van der Waals surface area contributed by atoms with E-state index in [0.717, 1.165) is 16.9 Å². The molecule has 0 radical (unpaired) electrons. The Morgan fingerprint density at radius 3 is 2.29 bits per heavy atom. The van der Waals surface area contributed by atoms with Crippen LogP contribution in [-0.4, -0.2) is 17.6 Å². The van der Waals surface area contributed by atoms with Crippen molar-refractivity contribution in [1.29, 1.82) is 0 Å². The van der Waals surface area contributed by atoms with E-state index in [2.05, 4.69) is 10.3 Å². The lowest BCUT2D eigenvalue weighted by Gasteiger charge is -2.12. The number of ether oxygens (including phenoxy) is 1. The molecule has 1 heterocycles. The maximum Gasteiger partial charge on any atom is 0.341 e. The Morgan fingerprint density at radius 1 is 0.958 bits per heavy atom. The van der Waals surface area contributed by atoms with E-state index in [9.17, 15) is 4.79 Å². The molecule has 3 rings (SSSR count). The van der Waals surface area contributed by atoms with Gasteiger partial charge in [0.25, 0.3) is 0 Å². The van der Waals surface area contributed by atoms with Gasteiger partial charge in [-0.2, -0.15) is 0 Å². The number of nitrogens with one attached hydrogen (secondary N) is 1. The number of anilines is 2. The minimum atomic E-state index is -0.386. The summed E-state index contributed by atoms with van der Waals surface area (Å²) < 4.78 is 5.13. The van der Waals surface area contributed by atoms with Crippen LogP contribution >= 0.6 is 0 Å². The molecule has 0 spiro atoms. The van der Waals surface area contributed by atoms with Crippen LogP contribution in [0.15, 0.2) is 72.8 Å². The van der Waals surface area contributed by atoms with Gasteiger partial charge < -0.3 is 10.1 Å². The highest BCUT2D eigenvalue weighted by molar-refractivity contribution is 5.96. The summed E-state index contributed by atoms with van der Waals surface area (Å²) in [5, 5.41) is 3.21. The number of pyridine rings is 1. The molecule has 4 heteroatoms. The fourth-order valence-corrected chi connectivity index (χ4v) is 2.36. The third kappa shape index (κ3) is 3.60. The summed E-state index contributed by atoms with van der Waals surface area (Å²) >= 11 is 0. The second-order valence-electron chi connectivity index (χ2n) is 5.17. The maximum absolute atomic E-state index is 12.2. The Balaban J connectivity index is 2.02. The number of carbonyl (C=O) groups is 1. The first-order chi connectivity index (χ1) is 11.8. The highest BCUT2D eigenvalue weighted by atomic mass is 16.5. The molecule has 0 fully saturated rings. The zero-order valence-electron chi connectivity index (χ0n) is 13.4. The van der Waals surface area contributed by atoms with E-state index in [1.807, 2.05) is 66.7 Å². The van der Waals surface area contributed by atoms with E-state index < -0.39 is 0 Å². The van der Waals surface area contributed by atoms with Crippen LogP contribution in [0.1, 0.15) is 17.3 Å². The van der Waals surface area contributed by atoms with E-state index in [0.29, 0.717) is 18.0 Å². The number of hydrogen-bond acceptors (Lipinski definition) is 4. The third-order valence-electron chi connectivity index (χ3n) is 3.50. The smallest absolute Gasteiger partial charge is 0.341 e. The van der Waals surface area contributed by atoms with Gasteiger partial charge in [0, 0.05) is 11.3 Å². The van der Waals surface area contributed by atoms with Gasteiger partial charge in [0.2, 0.25) is 0 Å². The van der Waals surface area contributed by atoms with Gasteiger partial charge in [-0.1, -0.05) is 48.5 Å². The van der Waals surface area contributed by atoms with Crippen LogP contribution in [0, 0.1) is 0 Å². The van der Waals surface area contributed by atoms with Gasteiger partial charge >= 0.3 is 5.97 Å². The number of hydrogen-bond donors (Lipinski definition) is 1. The van der Waals surface area contributed by atoms with Gasteiger partial charge in [-0.15, -0.1) is 0 Å². The van der Waals surface area contributed by atoms with Crippen LogP contribution in [0.4, 0.5) is 11.5 Å². The lowest BCUT2D eigenvalue weighted by Crippen LogP contribution is -2.09. The molecule has 4 nitrogen and oxygen atoms in total. The Hall–Kier alpha value is -3.14. The van der Waals surface area contributed by atoms with Crippen LogP contribution in [0.3, 0.4) is 0 Å². The van der Waals surface area contributed by atoms with E-state index in [1.54, 1.807) is 13.0 Å². The normalized spacial score (nSPS) is 10.2. The fraction of sp³-hybridized carbons (Fsp3) is 0.100. The second kappa shape index (κ2) is 7.42. The molecule has 24 heavy (non-hydrogen) atoms. The van der Waals surface area contributed by atoms with Crippen molar-refractivity contribution in [2.45, 2.75) is 6.92 Å².